The average molecular weight is 572 g/mol. The fourth-order valence-corrected chi connectivity index (χ4v) is 5.73. The van der Waals surface area contributed by atoms with Crippen LogP contribution in [-0.4, -0.2) is 11.1 Å². The van der Waals surface area contributed by atoms with Crippen LogP contribution in [0.3, 0.4) is 0 Å². The summed E-state index contributed by atoms with van der Waals surface area (Å²) in [7, 11) is 0. The molecule has 0 saturated carbocycles. The van der Waals surface area contributed by atoms with Crippen LogP contribution in [0.4, 0.5) is 0 Å². The fraction of sp³-hybridized carbons (Fsp3) is 0.275. The fourth-order valence-electron chi connectivity index (χ4n) is 5.73. The summed E-state index contributed by atoms with van der Waals surface area (Å²) >= 11 is 0. The first-order chi connectivity index (χ1) is 20.6. The Labute approximate surface area is 258 Å². The van der Waals surface area contributed by atoms with Crippen LogP contribution in [0.5, 0.6) is 0 Å². The lowest BCUT2D eigenvalue weighted by atomic mass is 9.80. The Morgan fingerprint density at radius 1 is 0.837 bits per heavy atom. The van der Waals surface area contributed by atoms with Crippen molar-refractivity contribution in [1.82, 2.24) is 5.32 Å². The van der Waals surface area contributed by atoms with Gasteiger partial charge in [0.1, 0.15) is 0 Å². The Morgan fingerprint density at radius 2 is 1.49 bits per heavy atom. The molecule has 0 saturated heterocycles. The van der Waals surface area contributed by atoms with Crippen LogP contribution in [0.25, 0.3) is 22.4 Å². The Kier molecular flexibility index (Phi) is 10.4. The number of carboxylic acid groups (broad SMARTS) is 1. The third-order valence-corrected chi connectivity index (χ3v) is 8.84. The largest absolute Gasteiger partial charge is 0.478 e. The molecule has 4 rings (SSSR count). The Morgan fingerprint density at radius 3 is 2.12 bits per heavy atom. The molecule has 0 aliphatic rings. The maximum atomic E-state index is 11.7. The van der Waals surface area contributed by atoms with Crippen molar-refractivity contribution < 1.29 is 9.90 Å². The molecular weight excluding hydrogens is 526 g/mol. The van der Waals surface area contributed by atoms with E-state index >= 15 is 0 Å². The summed E-state index contributed by atoms with van der Waals surface area (Å²) in [4.78, 5) is 11.7. The molecule has 0 aliphatic carbocycles. The molecule has 0 fully saturated rings. The van der Waals surface area contributed by atoms with Gasteiger partial charge in [-0.15, -0.1) is 0 Å². The molecule has 0 radical (unpaired) electrons. The van der Waals surface area contributed by atoms with Gasteiger partial charge in [-0.25, -0.2) is 4.79 Å². The van der Waals surface area contributed by atoms with Gasteiger partial charge in [0.2, 0.25) is 0 Å². The predicted octanol–water partition coefficient (Wildman–Crippen LogP) is 10.6. The molecule has 0 aliphatic heterocycles. The highest BCUT2D eigenvalue weighted by atomic mass is 16.4. The molecule has 222 valence electrons. The number of rotatable bonds is 12. The molecule has 3 nitrogen and oxygen atoms in total. The highest BCUT2D eigenvalue weighted by molar-refractivity contribution is 5.96. The molecule has 43 heavy (non-hydrogen) atoms. The zero-order chi connectivity index (χ0) is 31.1. The van der Waals surface area contributed by atoms with Crippen molar-refractivity contribution in [3.05, 3.63) is 143 Å². The summed E-state index contributed by atoms with van der Waals surface area (Å²) in [6, 6.07) is 33.1. The van der Waals surface area contributed by atoms with Crippen molar-refractivity contribution in [3.8, 4) is 11.1 Å². The minimum Gasteiger partial charge on any atom is -0.478 e. The van der Waals surface area contributed by atoms with Crippen molar-refractivity contribution >= 4 is 17.2 Å². The Bertz CT molecular complexity index is 1590. The van der Waals surface area contributed by atoms with Crippen molar-refractivity contribution in [3.63, 3.8) is 0 Å². The molecule has 0 heterocycles. The second-order valence-electron chi connectivity index (χ2n) is 11.9. The van der Waals surface area contributed by atoms with Crippen LogP contribution in [-0.2, 0) is 6.42 Å². The van der Waals surface area contributed by atoms with Crippen LogP contribution in [0.1, 0.15) is 98.1 Å². The van der Waals surface area contributed by atoms with Gasteiger partial charge in [-0.1, -0.05) is 118 Å². The molecule has 0 amide bonds. The van der Waals surface area contributed by atoms with E-state index < -0.39 is 5.97 Å². The number of carboxylic acids is 1. The van der Waals surface area contributed by atoms with Crippen molar-refractivity contribution in [2.24, 2.45) is 5.92 Å². The molecule has 2 N–H and O–H groups in total. The van der Waals surface area contributed by atoms with Crippen LogP contribution in [0.2, 0.25) is 0 Å². The van der Waals surface area contributed by atoms with E-state index in [0.717, 1.165) is 35.2 Å². The summed E-state index contributed by atoms with van der Waals surface area (Å²) in [5.74, 6) is -0.174. The van der Waals surface area contributed by atoms with Crippen LogP contribution < -0.4 is 5.32 Å². The maximum Gasteiger partial charge on any atom is 0.336 e. The van der Waals surface area contributed by atoms with Gasteiger partial charge < -0.3 is 10.4 Å². The lowest BCUT2D eigenvalue weighted by molar-refractivity contribution is 0.0697. The van der Waals surface area contributed by atoms with Gasteiger partial charge in [-0.05, 0) is 102 Å². The van der Waals surface area contributed by atoms with Gasteiger partial charge in [0.15, 0.2) is 0 Å². The van der Waals surface area contributed by atoms with Gasteiger partial charge >= 0.3 is 5.97 Å². The van der Waals surface area contributed by atoms with Gasteiger partial charge in [-0.3, -0.25) is 0 Å². The first-order valence-electron chi connectivity index (χ1n) is 15.3. The minimum absolute atomic E-state index is 0.212. The Hall–Kier alpha value is -4.37. The van der Waals surface area contributed by atoms with E-state index in [1.54, 1.807) is 12.1 Å². The van der Waals surface area contributed by atoms with E-state index in [9.17, 15) is 9.90 Å². The number of benzene rings is 4. The van der Waals surface area contributed by atoms with Gasteiger partial charge in [-0.2, -0.15) is 0 Å². The summed E-state index contributed by atoms with van der Waals surface area (Å²) in [5, 5.41) is 13.3. The lowest BCUT2D eigenvalue weighted by Crippen LogP contribution is -2.19. The molecule has 3 heteroatoms. The van der Waals surface area contributed by atoms with E-state index in [1.807, 2.05) is 24.3 Å². The Balaban J connectivity index is 1.55. The topological polar surface area (TPSA) is 49.3 Å². The van der Waals surface area contributed by atoms with Gasteiger partial charge in [0, 0.05) is 5.70 Å². The normalized spacial score (nSPS) is 13.1. The number of nitrogens with one attached hydrogen (secondary N) is 1. The average Bonchev–Trinajstić information content (AvgIpc) is 3.03. The third-order valence-electron chi connectivity index (χ3n) is 8.84. The van der Waals surface area contributed by atoms with E-state index in [4.69, 9.17) is 0 Å². The van der Waals surface area contributed by atoms with E-state index in [-0.39, 0.29) is 6.04 Å². The van der Waals surface area contributed by atoms with Crippen molar-refractivity contribution in [2.75, 3.05) is 0 Å². The number of aromatic carboxylic acids is 1. The van der Waals surface area contributed by atoms with Crippen LogP contribution in [0.15, 0.2) is 109 Å². The minimum atomic E-state index is -0.906. The van der Waals surface area contributed by atoms with Crippen molar-refractivity contribution in [1.29, 1.82) is 0 Å². The highest BCUT2D eigenvalue weighted by Gasteiger charge is 2.21. The monoisotopic (exact) mass is 571 g/mol. The molecule has 0 bridgehead atoms. The van der Waals surface area contributed by atoms with Gasteiger partial charge in [0.05, 0.1) is 11.6 Å². The highest BCUT2D eigenvalue weighted by Crippen LogP contribution is 2.36. The maximum absolute atomic E-state index is 11.7. The smallest absolute Gasteiger partial charge is 0.336 e. The second kappa shape index (κ2) is 14.2. The first-order valence-corrected chi connectivity index (χ1v) is 15.3. The van der Waals surface area contributed by atoms with E-state index in [1.165, 1.54) is 33.4 Å². The standard InChI is InChI=1S/C40H45NO2/c1-8-39(33-14-10-9-11-15-33)41-30(7)34-22-23-35(38(25-34)28(5)26(2)3)29(6)27(4)24-31-18-20-32(21-19-31)36-16-12-13-17-37(36)40(42)43/h9-23,25,27,29,39,41H,7-8,24H2,1-6H3,(H,42,43)/t27?,29?,39-/m1/s1. The summed E-state index contributed by atoms with van der Waals surface area (Å²) in [6.45, 7) is 17.9. The molecule has 4 aromatic rings. The van der Waals surface area contributed by atoms with Crippen molar-refractivity contribution in [2.45, 2.75) is 66.3 Å². The predicted molar refractivity (Wildman–Crippen MR) is 182 cm³/mol. The number of carbonyl (C=O) groups is 1. The van der Waals surface area contributed by atoms with E-state index in [2.05, 4.69) is 114 Å². The third kappa shape index (κ3) is 7.53. The molecule has 4 aromatic carbocycles. The first kappa shape index (κ1) is 31.6. The summed E-state index contributed by atoms with van der Waals surface area (Å²) in [5.41, 5.74) is 11.8. The zero-order valence-corrected chi connectivity index (χ0v) is 26.4. The molecule has 2 unspecified atom stereocenters. The molecule has 0 spiro atoms. The van der Waals surface area contributed by atoms with Crippen LogP contribution >= 0.6 is 0 Å². The molecular formula is C40H45NO2. The summed E-state index contributed by atoms with van der Waals surface area (Å²) in [6.07, 6.45) is 1.91. The molecule has 3 atom stereocenters. The lowest BCUT2D eigenvalue weighted by Gasteiger charge is -2.26. The van der Waals surface area contributed by atoms with Gasteiger partial charge in [0.25, 0.3) is 0 Å². The quantitative estimate of drug-likeness (QED) is 0.178. The van der Waals surface area contributed by atoms with Crippen LogP contribution in [0, 0.1) is 5.92 Å². The number of hydrogen-bond acceptors (Lipinski definition) is 2. The number of allylic oxidation sites excluding steroid dienone is 2. The zero-order valence-electron chi connectivity index (χ0n) is 26.4. The SMILES string of the molecule is C=C(N[C@H](CC)c1ccccc1)c1ccc(C(C)C(C)Cc2ccc(-c3ccccc3C(=O)O)cc2)c(C(C)=C(C)C)c1. The number of hydrogen-bond donors (Lipinski definition) is 2. The second-order valence-corrected chi connectivity index (χ2v) is 11.9. The van der Waals surface area contributed by atoms with E-state index in [0.29, 0.717) is 17.4 Å². The summed E-state index contributed by atoms with van der Waals surface area (Å²) < 4.78 is 0. The molecule has 0 aromatic heterocycles.